The molecular weight excluding hydrogens is 302 g/mol. The Morgan fingerprint density at radius 2 is 1.96 bits per heavy atom. The van der Waals surface area contributed by atoms with Crippen LogP contribution in [-0.2, 0) is 11.2 Å². The molecule has 0 atom stereocenters. The number of anilines is 1. The molecule has 24 heavy (non-hydrogen) atoms. The maximum absolute atomic E-state index is 12.8. The molecule has 2 aliphatic rings. The van der Waals surface area contributed by atoms with Gasteiger partial charge in [0.05, 0.1) is 0 Å². The van der Waals surface area contributed by atoms with Crippen molar-refractivity contribution in [2.24, 2.45) is 5.92 Å². The van der Waals surface area contributed by atoms with Crippen molar-refractivity contribution in [2.75, 3.05) is 37.6 Å². The number of amides is 2. The van der Waals surface area contributed by atoms with Gasteiger partial charge < -0.3 is 15.1 Å². The van der Waals surface area contributed by atoms with Gasteiger partial charge in [0.25, 0.3) is 5.91 Å². The van der Waals surface area contributed by atoms with Crippen LogP contribution in [0.2, 0.25) is 0 Å². The Kier molecular flexibility index (Phi) is 5.19. The van der Waals surface area contributed by atoms with E-state index in [9.17, 15) is 9.59 Å². The molecule has 130 valence electrons. The van der Waals surface area contributed by atoms with Gasteiger partial charge in [-0.3, -0.25) is 9.59 Å². The average molecular weight is 329 g/mol. The number of fused-ring (bicyclic) bond motifs is 1. The molecule has 0 saturated carbocycles. The molecule has 0 bridgehead atoms. The SMILES string of the molecule is CCNCC1CCN(C(=O)c2ccc3c(c2)CCN3C(C)=O)CC1. The first-order valence-corrected chi connectivity index (χ1v) is 9.01. The van der Waals surface area contributed by atoms with Gasteiger partial charge in [0.2, 0.25) is 5.91 Å². The molecule has 0 spiro atoms. The lowest BCUT2D eigenvalue weighted by molar-refractivity contribution is -0.116. The van der Waals surface area contributed by atoms with Crippen LogP contribution >= 0.6 is 0 Å². The summed E-state index contributed by atoms with van der Waals surface area (Å²) in [5.41, 5.74) is 2.82. The molecule has 0 unspecified atom stereocenters. The zero-order valence-corrected chi connectivity index (χ0v) is 14.7. The molecule has 0 aromatic heterocycles. The number of hydrogen-bond acceptors (Lipinski definition) is 3. The molecule has 3 rings (SSSR count). The van der Waals surface area contributed by atoms with Crippen LogP contribution in [0.4, 0.5) is 5.69 Å². The molecule has 1 saturated heterocycles. The molecule has 1 aromatic carbocycles. The first kappa shape index (κ1) is 17.0. The topological polar surface area (TPSA) is 52.7 Å². The molecule has 1 aromatic rings. The van der Waals surface area contributed by atoms with E-state index in [4.69, 9.17) is 0 Å². The van der Waals surface area contributed by atoms with Gasteiger partial charge in [-0.1, -0.05) is 6.92 Å². The summed E-state index contributed by atoms with van der Waals surface area (Å²) in [5, 5.41) is 3.40. The number of piperidine rings is 1. The maximum Gasteiger partial charge on any atom is 0.253 e. The summed E-state index contributed by atoms with van der Waals surface area (Å²) >= 11 is 0. The van der Waals surface area contributed by atoms with E-state index in [1.54, 1.807) is 11.8 Å². The van der Waals surface area contributed by atoms with Gasteiger partial charge in [-0.25, -0.2) is 0 Å². The van der Waals surface area contributed by atoms with Gasteiger partial charge in [0.1, 0.15) is 0 Å². The Morgan fingerprint density at radius 3 is 2.62 bits per heavy atom. The molecule has 0 radical (unpaired) electrons. The van der Waals surface area contributed by atoms with E-state index >= 15 is 0 Å². The third kappa shape index (κ3) is 3.46. The third-order valence-electron chi connectivity index (χ3n) is 5.19. The van der Waals surface area contributed by atoms with Crippen LogP contribution in [0.25, 0.3) is 0 Å². The summed E-state index contributed by atoms with van der Waals surface area (Å²) in [6, 6.07) is 5.77. The van der Waals surface area contributed by atoms with Crippen molar-refractivity contribution >= 4 is 17.5 Å². The highest BCUT2D eigenvalue weighted by Gasteiger charge is 2.26. The number of likely N-dealkylation sites (tertiary alicyclic amines) is 1. The van der Waals surface area contributed by atoms with Crippen LogP contribution in [0.1, 0.15) is 42.6 Å². The van der Waals surface area contributed by atoms with E-state index in [1.165, 1.54) is 0 Å². The van der Waals surface area contributed by atoms with E-state index < -0.39 is 0 Å². The Hall–Kier alpha value is -1.88. The Balaban J connectivity index is 1.64. The Morgan fingerprint density at radius 1 is 1.21 bits per heavy atom. The quantitative estimate of drug-likeness (QED) is 0.920. The smallest absolute Gasteiger partial charge is 0.253 e. The minimum Gasteiger partial charge on any atom is -0.339 e. The Bertz CT molecular complexity index is 621. The molecule has 5 heteroatoms. The molecule has 0 aliphatic carbocycles. The zero-order chi connectivity index (χ0) is 17.1. The maximum atomic E-state index is 12.8. The number of carbonyl (C=O) groups is 2. The van der Waals surface area contributed by atoms with Crippen LogP contribution in [0.15, 0.2) is 18.2 Å². The van der Waals surface area contributed by atoms with Crippen LogP contribution in [0.3, 0.4) is 0 Å². The summed E-state index contributed by atoms with van der Waals surface area (Å²) in [7, 11) is 0. The number of carbonyl (C=O) groups excluding carboxylic acids is 2. The Labute approximate surface area is 144 Å². The predicted molar refractivity (Wildman–Crippen MR) is 95.3 cm³/mol. The van der Waals surface area contributed by atoms with Crippen molar-refractivity contribution < 1.29 is 9.59 Å². The van der Waals surface area contributed by atoms with E-state index in [2.05, 4.69) is 12.2 Å². The summed E-state index contributed by atoms with van der Waals surface area (Å²) in [6.45, 7) is 8.17. The summed E-state index contributed by atoms with van der Waals surface area (Å²) < 4.78 is 0. The van der Waals surface area contributed by atoms with E-state index in [-0.39, 0.29) is 11.8 Å². The van der Waals surface area contributed by atoms with Crippen molar-refractivity contribution in [2.45, 2.75) is 33.1 Å². The van der Waals surface area contributed by atoms with Crippen molar-refractivity contribution in [3.8, 4) is 0 Å². The molecule has 2 heterocycles. The number of rotatable bonds is 4. The van der Waals surface area contributed by atoms with Gasteiger partial charge in [-0.05, 0) is 62.0 Å². The predicted octanol–water partition coefficient (Wildman–Crippen LogP) is 2.06. The number of hydrogen-bond donors (Lipinski definition) is 1. The second-order valence-electron chi connectivity index (χ2n) is 6.81. The van der Waals surface area contributed by atoms with Crippen LogP contribution < -0.4 is 10.2 Å². The second-order valence-corrected chi connectivity index (χ2v) is 6.81. The van der Waals surface area contributed by atoms with E-state index in [1.807, 2.05) is 23.1 Å². The molecular formula is C19H27N3O2. The highest BCUT2D eigenvalue weighted by Crippen LogP contribution is 2.29. The largest absolute Gasteiger partial charge is 0.339 e. The fourth-order valence-corrected chi connectivity index (χ4v) is 3.73. The van der Waals surface area contributed by atoms with E-state index in [0.717, 1.165) is 68.8 Å². The van der Waals surface area contributed by atoms with Crippen LogP contribution in [-0.4, -0.2) is 49.4 Å². The van der Waals surface area contributed by atoms with Gasteiger partial charge in [-0.2, -0.15) is 0 Å². The molecule has 1 fully saturated rings. The fourth-order valence-electron chi connectivity index (χ4n) is 3.73. The molecule has 2 amide bonds. The monoisotopic (exact) mass is 329 g/mol. The molecule has 1 N–H and O–H groups in total. The van der Waals surface area contributed by atoms with Gasteiger partial charge in [0.15, 0.2) is 0 Å². The van der Waals surface area contributed by atoms with Gasteiger partial charge in [-0.15, -0.1) is 0 Å². The standard InChI is InChI=1S/C19H27N3O2/c1-3-20-13-15-6-9-21(10-7-15)19(24)17-4-5-18-16(12-17)8-11-22(18)14(2)23/h4-5,12,15,20H,3,6-11,13H2,1-2H3. The minimum atomic E-state index is 0.0654. The zero-order valence-electron chi connectivity index (χ0n) is 14.7. The van der Waals surface area contributed by atoms with Crippen molar-refractivity contribution in [3.05, 3.63) is 29.3 Å². The fraction of sp³-hybridized carbons (Fsp3) is 0.579. The van der Waals surface area contributed by atoms with Gasteiger partial charge >= 0.3 is 0 Å². The molecule has 2 aliphatic heterocycles. The van der Waals surface area contributed by atoms with Crippen molar-refractivity contribution in [1.82, 2.24) is 10.2 Å². The minimum absolute atomic E-state index is 0.0654. The normalized spacial score (nSPS) is 17.9. The molecule has 5 nitrogen and oxygen atoms in total. The summed E-state index contributed by atoms with van der Waals surface area (Å²) in [5.74, 6) is 0.870. The van der Waals surface area contributed by atoms with Crippen molar-refractivity contribution in [1.29, 1.82) is 0 Å². The first-order chi connectivity index (χ1) is 11.6. The van der Waals surface area contributed by atoms with E-state index in [0.29, 0.717) is 5.92 Å². The lowest BCUT2D eigenvalue weighted by Crippen LogP contribution is -2.40. The average Bonchev–Trinajstić information content (AvgIpc) is 3.03. The second kappa shape index (κ2) is 7.34. The lowest BCUT2D eigenvalue weighted by Gasteiger charge is -2.32. The van der Waals surface area contributed by atoms with Crippen LogP contribution in [0.5, 0.6) is 0 Å². The van der Waals surface area contributed by atoms with Crippen molar-refractivity contribution in [3.63, 3.8) is 0 Å². The number of nitrogens with zero attached hydrogens (tertiary/aromatic N) is 2. The summed E-state index contributed by atoms with van der Waals surface area (Å²) in [4.78, 5) is 28.2. The lowest BCUT2D eigenvalue weighted by atomic mass is 9.96. The summed E-state index contributed by atoms with van der Waals surface area (Å²) in [6.07, 6.45) is 2.98. The first-order valence-electron chi connectivity index (χ1n) is 9.01. The highest BCUT2D eigenvalue weighted by molar-refractivity contribution is 5.97. The van der Waals surface area contributed by atoms with Gasteiger partial charge in [0, 0.05) is 37.8 Å². The number of benzene rings is 1. The number of nitrogens with one attached hydrogen (secondary N) is 1. The van der Waals surface area contributed by atoms with Crippen LogP contribution in [0, 0.1) is 5.92 Å². The highest BCUT2D eigenvalue weighted by atomic mass is 16.2. The third-order valence-corrected chi connectivity index (χ3v) is 5.19.